The Morgan fingerprint density at radius 1 is 1.22 bits per heavy atom. The van der Waals surface area contributed by atoms with E-state index in [1.165, 1.54) is 49.8 Å². The van der Waals surface area contributed by atoms with Gasteiger partial charge in [-0.25, -0.2) is 22.2 Å². The van der Waals surface area contributed by atoms with E-state index in [0.717, 1.165) is 8.87 Å². The molecule has 0 spiro atoms. The fraction of sp³-hybridized carbons (Fsp3) is 0.111. The number of amides is 1. The molecule has 0 saturated carbocycles. The Labute approximate surface area is 155 Å². The number of aromatic nitrogens is 2. The van der Waals surface area contributed by atoms with Gasteiger partial charge in [0.1, 0.15) is 0 Å². The maximum absolute atomic E-state index is 14.2. The molecule has 0 radical (unpaired) electrons. The summed E-state index contributed by atoms with van der Waals surface area (Å²) in [5.41, 5.74) is 0.470. The molecule has 1 amide bonds. The van der Waals surface area contributed by atoms with Crippen molar-refractivity contribution in [2.45, 2.75) is 11.4 Å². The highest BCUT2D eigenvalue weighted by Gasteiger charge is 2.24. The number of nitrogens with zero attached hydrogens (tertiary/aromatic N) is 3. The number of rotatable bonds is 5. The topological polar surface area (TPSA) is 92.5 Å². The molecule has 0 aliphatic carbocycles. The molecule has 3 aromatic rings. The maximum Gasteiger partial charge on any atom is 0.407 e. The van der Waals surface area contributed by atoms with E-state index < -0.39 is 22.1 Å². The number of benzene rings is 1. The zero-order valence-corrected chi connectivity index (χ0v) is 15.1. The SMILES string of the molecule is CN(Cc1cc(-c2cccnc2F)n(S(=O)(=O)c2ccccc2)c1)C(=O)O. The molecule has 9 heteroatoms. The summed E-state index contributed by atoms with van der Waals surface area (Å²) in [7, 11) is -2.66. The van der Waals surface area contributed by atoms with E-state index >= 15 is 0 Å². The summed E-state index contributed by atoms with van der Waals surface area (Å²) in [4.78, 5) is 15.7. The van der Waals surface area contributed by atoms with E-state index in [9.17, 15) is 17.6 Å². The summed E-state index contributed by atoms with van der Waals surface area (Å²) < 4.78 is 41.3. The zero-order valence-electron chi connectivity index (χ0n) is 14.3. The number of hydrogen-bond acceptors (Lipinski definition) is 4. The molecule has 3 rings (SSSR count). The summed E-state index contributed by atoms with van der Waals surface area (Å²) in [6.07, 6.45) is 1.39. The Hall–Kier alpha value is -3.20. The van der Waals surface area contributed by atoms with Crippen LogP contribution in [0, 0.1) is 5.95 Å². The van der Waals surface area contributed by atoms with Gasteiger partial charge in [-0.1, -0.05) is 18.2 Å². The van der Waals surface area contributed by atoms with Gasteiger partial charge in [0.05, 0.1) is 22.7 Å². The van der Waals surface area contributed by atoms with Crippen molar-refractivity contribution in [2.75, 3.05) is 7.05 Å². The lowest BCUT2D eigenvalue weighted by atomic mass is 10.2. The van der Waals surface area contributed by atoms with Crippen LogP contribution in [0.25, 0.3) is 11.3 Å². The third-order valence-corrected chi connectivity index (χ3v) is 5.61. The molecule has 0 aliphatic heterocycles. The number of hydrogen-bond donors (Lipinski definition) is 1. The molecule has 27 heavy (non-hydrogen) atoms. The van der Waals surface area contributed by atoms with Crippen LogP contribution in [0.3, 0.4) is 0 Å². The fourth-order valence-corrected chi connectivity index (χ4v) is 4.02. The molecular weight excluding hydrogens is 373 g/mol. The van der Waals surface area contributed by atoms with Gasteiger partial charge in [0.15, 0.2) is 0 Å². The molecule has 0 fully saturated rings. The third kappa shape index (κ3) is 3.68. The van der Waals surface area contributed by atoms with Gasteiger partial charge >= 0.3 is 6.09 Å². The molecule has 0 aliphatic rings. The van der Waals surface area contributed by atoms with Gasteiger partial charge in [0.2, 0.25) is 5.95 Å². The van der Waals surface area contributed by atoms with E-state index in [1.54, 1.807) is 18.2 Å². The number of halogens is 1. The number of carbonyl (C=O) groups is 1. The lowest BCUT2D eigenvalue weighted by Crippen LogP contribution is -2.23. The first-order valence-corrected chi connectivity index (χ1v) is 9.31. The molecule has 0 bridgehead atoms. The van der Waals surface area contributed by atoms with Crippen LogP contribution in [0.4, 0.5) is 9.18 Å². The Morgan fingerprint density at radius 2 is 1.93 bits per heavy atom. The van der Waals surface area contributed by atoms with E-state index in [4.69, 9.17) is 5.11 Å². The van der Waals surface area contributed by atoms with Crippen LogP contribution in [0.2, 0.25) is 0 Å². The molecule has 1 aromatic carbocycles. The van der Waals surface area contributed by atoms with Gasteiger partial charge in [0, 0.05) is 19.4 Å². The minimum absolute atomic E-state index is 0.00114. The molecule has 7 nitrogen and oxygen atoms in total. The monoisotopic (exact) mass is 389 g/mol. The fourth-order valence-electron chi connectivity index (χ4n) is 2.60. The standard InChI is InChI=1S/C18H16FN3O4S/c1-21(18(23)24)11-13-10-16(15-8-5-9-20-17(15)19)22(12-13)27(25,26)14-6-3-2-4-7-14/h2-10,12H,11H2,1H3,(H,23,24). The highest BCUT2D eigenvalue weighted by atomic mass is 32.2. The molecule has 0 saturated heterocycles. The predicted octanol–water partition coefficient (Wildman–Crippen LogP) is 3.04. The predicted molar refractivity (Wildman–Crippen MR) is 96.1 cm³/mol. The highest BCUT2D eigenvalue weighted by Crippen LogP contribution is 2.28. The van der Waals surface area contributed by atoms with Crippen molar-refractivity contribution in [3.8, 4) is 11.3 Å². The molecule has 1 N–H and O–H groups in total. The Balaban J connectivity index is 2.18. The minimum Gasteiger partial charge on any atom is -0.465 e. The summed E-state index contributed by atoms with van der Waals surface area (Å²) in [6.45, 7) is -0.0540. The first kappa shape index (κ1) is 18.6. The summed E-state index contributed by atoms with van der Waals surface area (Å²) >= 11 is 0. The van der Waals surface area contributed by atoms with E-state index in [1.807, 2.05) is 0 Å². The smallest absolute Gasteiger partial charge is 0.407 e. The van der Waals surface area contributed by atoms with Crippen molar-refractivity contribution in [3.63, 3.8) is 0 Å². The summed E-state index contributed by atoms with van der Waals surface area (Å²) in [5, 5.41) is 9.05. The van der Waals surface area contributed by atoms with Gasteiger partial charge in [-0.3, -0.25) is 0 Å². The third-order valence-electron chi connectivity index (χ3n) is 3.92. The van der Waals surface area contributed by atoms with Crippen molar-refractivity contribution in [1.29, 1.82) is 0 Å². The van der Waals surface area contributed by atoms with Gasteiger partial charge in [-0.05, 0) is 35.9 Å². The van der Waals surface area contributed by atoms with Gasteiger partial charge in [0.25, 0.3) is 10.0 Å². The highest BCUT2D eigenvalue weighted by molar-refractivity contribution is 7.90. The average molecular weight is 389 g/mol. The van der Waals surface area contributed by atoms with Gasteiger partial charge < -0.3 is 10.0 Å². The number of pyridine rings is 1. The van der Waals surface area contributed by atoms with Crippen molar-refractivity contribution < 1.29 is 22.7 Å². The Bertz CT molecular complexity index is 1080. The Morgan fingerprint density at radius 3 is 2.56 bits per heavy atom. The van der Waals surface area contributed by atoms with Crippen molar-refractivity contribution in [3.05, 3.63) is 72.4 Å². The van der Waals surface area contributed by atoms with Crippen LogP contribution in [0.5, 0.6) is 0 Å². The van der Waals surface area contributed by atoms with E-state index in [-0.39, 0.29) is 22.7 Å². The van der Waals surface area contributed by atoms with Crippen LogP contribution >= 0.6 is 0 Å². The van der Waals surface area contributed by atoms with Crippen molar-refractivity contribution >= 4 is 16.1 Å². The quantitative estimate of drug-likeness (QED) is 0.677. The van der Waals surface area contributed by atoms with Crippen molar-refractivity contribution in [2.24, 2.45) is 0 Å². The summed E-state index contributed by atoms with van der Waals surface area (Å²) in [6, 6.07) is 12.1. The molecule has 140 valence electrons. The second-order valence-corrected chi connectivity index (χ2v) is 7.64. The van der Waals surface area contributed by atoms with Crippen LogP contribution in [-0.2, 0) is 16.6 Å². The lowest BCUT2D eigenvalue weighted by molar-refractivity contribution is 0.154. The average Bonchev–Trinajstić information content (AvgIpc) is 3.07. The van der Waals surface area contributed by atoms with Crippen LogP contribution in [-0.4, -0.2) is 40.5 Å². The van der Waals surface area contributed by atoms with E-state index in [2.05, 4.69) is 4.98 Å². The first-order valence-electron chi connectivity index (χ1n) is 7.87. The first-order chi connectivity index (χ1) is 12.8. The van der Waals surface area contributed by atoms with Gasteiger partial charge in [-0.15, -0.1) is 0 Å². The van der Waals surface area contributed by atoms with Crippen LogP contribution in [0.15, 0.2) is 65.8 Å². The van der Waals surface area contributed by atoms with E-state index in [0.29, 0.717) is 5.56 Å². The molecular formula is C18H16FN3O4S. The zero-order chi connectivity index (χ0) is 19.6. The largest absolute Gasteiger partial charge is 0.465 e. The second-order valence-electron chi connectivity index (χ2n) is 5.83. The molecule has 0 atom stereocenters. The normalized spacial score (nSPS) is 11.3. The Kier molecular flexibility index (Phi) is 4.95. The molecule has 0 unspecified atom stereocenters. The van der Waals surface area contributed by atoms with Crippen molar-refractivity contribution in [1.82, 2.24) is 13.9 Å². The second kappa shape index (κ2) is 7.20. The lowest BCUT2D eigenvalue weighted by Gasteiger charge is -2.11. The van der Waals surface area contributed by atoms with Crippen LogP contribution < -0.4 is 0 Å². The number of carboxylic acid groups (broad SMARTS) is 1. The van der Waals surface area contributed by atoms with Gasteiger partial charge in [-0.2, -0.15) is 4.39 Å². The van der Waals surface area contributed by atoms with Crippen LogP contribution in [0.1, 0.15) is 5.56 Å². The molecule has 2 aromatic heterocycles. The summed E-state index contributed by atoms with van der Waals surface area (Å²) in [5.74, 6) is -0.821. The maximum atomic E-state index is 14.2. The minimum atomic E-state index is -4.01. The molecule has 2 heterocycles.